The van der Waals surface area contributed by atoms with Gasteiger partial charge in [0.1, 0.15) is 11.5 Å². The molecular formula is C15H16O3. The first-order chi connectivity index (χ1) is 8.65. The SMILES string of the molecule is COC(=O)[C@@H]1[C@@H](C)[C@@]1(C#Cc1ccccc1)OC. The Morgan fingerprint density at radius 3 is 2.50 bits per heavy atom. The molecule has 0 bridgehead atoms. The minimum Gasteiger partial charge on any atom is -0.469 e. The number of carbonyl (C=O) groups is 1. The molecule has 1 aromatic rings. The summed E-state index contributed by atoms with van der Waals surface area (Å²) in [5.41, 5.74) is 0.222. The van der Waals surface area contributed by atoms with Gasteiger partial charge in [-0.05, 0) is 12.1 Å². The zero-order chi connectivity index (χ0) is 13.2. The van der Waals surface area contributed by atoms with E-state index in [-0.39, 0.29) is 17.8 Å². The molecule has 1 fully saturated rings. The molecule has 0 aromatic heterocycles. The molecule has 2 rings (SSSR count). The van der Waals surface area contributed by atoms with E-state index in [9.17, 15) is 4.79 Å². The number of methoxy groups -OCH3 is 2. The van der Waals surface area contributed by atoms with Crippen molar-refractivity contribution in [3.05, 3.63) is 35.9 Å². The first kappa shape index (κ1) is 12.7. The molecule has 0 amide bonds. The van der Waals surface area contributed by atoms with Gasteiger partial charge in [-0.1, -0.05) is 37.0 Å². The number of hydrogen-bond donors (Lipinski definition) is 0. The van der Waals surface area contributed by atoms with Crippen molar-refractivity contribution in [1.82, 2.24) is 0 Å². The highest BCUT2D eigenvalue weighted by atomic mass is 16.5. The molecule has 3 heteroatoms. The second-order valence-corrected chi connectivity index (χ2v) is 4.40. The van der Waals surface area contributed by atoms with Gasteiger partial charge >= 0.3 is 5.97 Å². The molecular weight excluding hydrogens is 228 g/mol. The number of benzene rings is 1. The van der Waals surface area contributed by atoms with E-state index in [0.29, 0.717) is 0 Å². The second-order valence-electron chi connectivity index (χ2n) is 4.40. The highest BCUT2D eigenvalue weighted by Crippen LogP contribution is 2.53. The van der Waals surface area contributed by atoms with Gasteiger partial charge in [0.15, 0.2) is 0 Å². The van der Waals surface area contributed by atoms with Gasteiger partial charge in [-0.3, -0.25) is 4.79 Å². The van der Waals surface area contributed by atoms with Crippen LogP contribution in [0.4, 0.5) is 0 Å². The minimum absolute atomic E-state index is 0.0613. The third-order valence-corrected chi connectivity index (χ3v) is 3.50. The molecule has 0 saturated heterocycles. The monoisotopic (exact) mass is 244 g/mol. The molecule has 3 atom stereocenters. The fraction of sp³-hybridized carbons (Fsp3) is 0.400. The maximum Gasteiger partial charge on any atom is 0.313 e. The van der Waals surface area contributed by atoms with E-state index in [1.54, 1.807) is 7.11 Å². The summed E-state index contributed by atoms with van der Waals surface area (Å²) in [6, 6.07) is 9.65. The average molecular weight is 244 g/mol. The number of carbonyl (C=O) groups excluding carboxylic acids is 1. The lowest BCUT2D eigenvalue weighted by molar-refractivity contribution is -0.143. The largest absolute Gasteiger partial charge is 0.469 e. The molecule has 3 nitrogen and oxygen atoms in total. The Bertz CT molecular complexity index is 497. The molecule has 0 spiro atoms. The fourth-order valence-corrected chi connectivity index (χ4v) is 2.28. The molecule has 0 unspecified atom stereocenters. The number of hydrogen-bond acceptors (Lipinski definition) is 3. The molecule has 1 aliphatic rings. The lowest BCUT2D eigenvalue weighted by Gasteiger charge is -2.07. The predicted molar refractivity (Wildman–Crippen MR) is 67.7 cm³/mol. The van der Waals surface area contributed by atoms with Crippen LogP contribution in [0.25, 0.3) is 0 Å². The normalized spacial score (nSPS) is 29.1. The summed E-state index contributed by atoms with van der Waals surface area (Å²) in [5.74, 6) is 5.65. The summed E-state index contributed by atoms with van der Waals surface area (Å²) < 4.78 is 10.2. The van der Waals surface area contributed by atoms with Gasteiger partial charge in [-0.15, -0.1) is 0 Å². The van der Waals surface area contributed by atoms with Crippen molar-refractivity contribution >= 4 is 5.97 Å². The zero-order valence-electron chi connectivity index (χ0n) is 10.8. The van der Waals surface area contributed by atoms with Crippen LogP contribution in [-0.2, 0) is 14.3 Å². The summed E-state index contributed by atoms with van der Waals surface area (Å²) in [4.78, 5) is 11.6. The summed E-state index contributed by atoms with van der Waals surface area (Å²) in [6.45, 7) is 1.95. The molecule has 1 saturated carbocycles. The first-order valence-corrected chi connectivity index (χ1v) is 5.87. The van der Waals surface area contributed by atoms with Crippen LogP contribution in [0.3, 0.4) is 0 Å². The van der Waals surface area contributed by atoms with E-state index >= 15 is 0 Å². The van der Waals surface area contributed by atoms with Gasteiger partial charge in [0.25, 0.3) is 0 Å². The van der Waals surface area contributed by atoms with E-state index in [4.69, 9.17) is 9.47 Å². The van der Waals surface area contributed by atoms with Crippen LogP contribution in [0.15, 0.2) is 30.3 Å². The predicted octanol–water partition coefficient (Wildman–Crippen LogP) is 1.86. The van der Waals surface area contributed by atoms with Crippen molar-refractivity contribution < 1.29 is 14.3 Å². The van der Waals surface area contributed by atoms with E-state index < -0.39 is 5.60 Å². The van der Waals surface area contributed by atoms with Crippen LogP contribution in [0.2, 0.25) is 0 Å². The summed E-state index contributed by atoms with van der Waals surface area (Å²) in [6.07, 6.45) is 0. The summed E-state index contributed by atoms with van der Waals surface area (Å²) in [7, 11) is 2.97. The molecule has 1 aromatic carbocycles. The number of ether oxygens (including phenoxy) is 2. The van der Waals surface area contributed by atoms with Crippen molar-refractivity contribution in [2.45, 2.75) is 12.5 Å². The lowest BCUT2D eigenvalue weighted by atomic mass is 10.2. The Kier molecular flexibility index (Phi) is 3.40. The quantitative estimate of drug-likeness (QED) is 0.588. The first-order valence-electron chi connectivity index (χ1n) is 5.87. The highest BCUT2D eigenvalue weighted by Gasteiger charge is 2.67. The van der Waals surface area contributed by atoms with E-state index in [2.05, 4.69) is 11.8 Å². The summed E-state index contributed by atoms with van der Waals surface area (Å²) in [5, 5.41) is 0. The molecule has 0 aliphatic heterocycles. The van der Waals surface area contributed by atoms with E-state index in [1.165, 1.54) is 7.11 Å². The Balaban J connectivity index is 2.22. The zero-order valence-corrected chi connectivity index (χ0v) is 10.8. The average Bonchev–Trinajstić information content (AvgIpc) is 3.02. The van der Waals surface area contributed by atoms with Gasteiger partial charge in [-0.25, -0.2) is 0 Å². The van der Waals surface area contributed by atoms with Crippen LogP contribution in [0, 0.1) is 23.7 Å². The highest BCUT2D eigenvalue weighted by molar-refractivity contribution is 5.80. The fourth-order valence-electron chi connectivity index (χ4n) is 2.28. The Morgan fingerprint density at radius 1 is 1.28 bits per heavy atom. The Hall–Kier alpha value is -1.79. The molecule has 94 valence electrons. The Labute approximate surface area is 107 Å². The molecule has 0 N–H and O–H groups in total. The second kappa shape index (κ2) is 4.83. The summed E-state index contributed by atoms with van der Waals surface area (Å²) >= 11 is 0. The van der Waals surface area contributed by atoms with Crippen molar-refractivity contribution in [2.75, 3.05) is 14.2 Å². The third-order valence-electron chi connectivity index (χ3n) is 3.50. The van der Waals surface area contributed by atoms with Crippen LogP contribution in [-0.4, -0.2) is 25.8 Å². The molecule has 18 heavy (non-hydrogen) atoms. The van der Waals surface area contributed by atoms with Crippen LogP contribution < -0.4 is 0 Å². The van der Waals surface area contributed by atoms with Gasteiger partial charge < -0.3 is 9.47 Å². The van der Waals surface area contributed by atoms with Crippen molar-refractivity contribution in [3.63, 3.8) is 0 Å². The van der Waals surface area contributed by atoms with E-state index in [1.807, 2.05) is 37.3 Å². The van der Waals surface area contributed by atoms with Crippen LogP contribution >= 0.6 is 0 Å². The third kappa shape index (κ3) is 2.00. The minimum atomic E-state index is -0.692. The topological polar surface area (TPSA) is 35.5 Å². The lowest BCUT2D eigenvalue weighted by Crippen LogP contribution is -2.18. The van der Waals surface area contributed by atoms with Crippen molar-refractivity contribution in [1.29, 1.82) is 0 Å². The molecule has 0 heterocycles. The number of rotatable bonds is 2. The molecule has 1 aliphatic carbocycles. The van der Waals surface area contributed by atoms with Crippen molar-refractivity contribution in [3.8, 4) is 11.8 Å². The molecule has 0 radical (unpaired) electrons. The van der Waals surface area contributed by atoms with Crippen molar-refractivity contribution in [2.24, 2.45) is 11.8 Å². The van der Waals surface area contributed by atoms with Gasteiger partial charge in [-0.2, -0.15) is 0 Å². The Morgan fingerprint density at radius 2 is 1.94 bits per heavy atom. The van der Waals surface area contributed by atoms with Gasteiger partial charge in [0, 0.05) is 18.6 Å². The standard InChI is InChI=1S/C15H16O3/c1-11-13(14(16)17-2)15(11,18-3)10-9-12-7-5-4-6-8-12/h4-8,11,13H,1-3H3/t11-,13+,15-/m1/s1. The van der Waals surface area contributed by atoms with Gasteiger partial charge in [0.2, 0.25) is 0 Å². The maximum atomic E-state index is 11.6. The van der Waals surface area contributed by atoms with Gasteiger partial charge in [0.05, 0.1) is 7.11 Å². The van der Waals surface area contributed by atoms with Crippen LogP contribution in [0.1, 0.15) is 12.5 Å². The van der Waals surface area contributed by atoms with Crippen LogP contribution in [0.5, 0.6) is 0 Å². The maximum absolute atomic E-state index is 11.6. The van der Waals surface area contributed by atoms with E-state index in [0.717, 1.165) is 5.56 Å². The number of esters is 1. The smallest absolute Gasteiger partial charge is 0.313 e.